The quantitative estimate of drug-likeness (QED) is 0.0752. The largest absolute Gasteiger partial charge is 0.455 e. The first-order valence-corrected chi connectivity index (χ1v) is 24.9. The molecule has 2 aromatic carbocycles. The molecule has 3 N–H and O–H groups in total. The predicted molar refractivity (Wildman–Crippen MR) is 255 cm³/mol. The summed E-state index contributed by atoms with van der Waals surface area (Å²) in [6, 6.07) is 19.4. The number of anilines is 2. The zero-order valence-electron chi connectivity index (χ0n) is 38.6. The number of ether oxygens (including phenoxy) is 2. The molecule has 5 heterocycles. The molecule has 1 atom stereocenters. The fourth-order valence-electron chi connectivity index (χ4n) is 10.8. The van der Waals surface area contributed by atoms with E-state index in [2.05, 4.69) is 86.8 Å². The number of aromatic nitrogens is 3. The highest BCUT2D eigenvalue weighted by Crippen LogP contribution is 2.53. The summed E-state index contributed by atoms with van der Waals surface area (Å²) in [6.07, 6.45) is 11.8. The zero-order chi connectivity index (χ0) is 46.4. The maximum absolute atomic E-state index is 14.1. The van der Waals surface area contributed by atoms with Crippen molar-refractivity contribution in [3.63, 3.8) is 0 Å². The van der Waals surface area contributed by atoms with Crippen LogP contribution in [0, 0.1) is 33.8 Å². The van der Waals surface area contributed by atoms with Gasteiger partial charge in [0.05, 0.1) is 41.6 Å². The highest BCUT2D eigenvalue weighted by Gasteiger charge is 2.50. The van der Waals surface area contributed by atoms with Crippen LogP contribution in [0.4, 0.5) is 17.2 Å². The van der Waals surface area contributed by atoms with Crippen LogP contribution in [0.5, 0.6) is 11.5 Å². The van der Waals surface area contributed by atoms with Gasteiger partial charge in [-0.1, -0.05) is 52.0 Å². The average molecular weight is 919 g/mol. The number of rotatable bonds is 13. The Hall–Kier alpha value is -5.58. The van der Waals surface area contributed by atoms with E-state index in [1.165, 1.54) is 18.1 Å². The Morgan fingerprint density at radius 2 is 1.79 bits per heavy atom. The molecule has 2 saturated carbocycles. The molecule has 5 aromatic rings. The van der Waals surface area contributed by atoms with Crippen LogP contribution in [0.3, 0.4) is 0 Å². The van der Waals surface area contributed by atoms with Gasteiger partial charge in [-0.3, -0.25) is 19.8 Å². The van der Waals surface area contributed by atoms with Crippen LogP contribution in [0.1, 0.15) is 118 Å². The smallest absolute Gasteiger partial charge is 0.312 e. The van der Waals surface area contributed by atoms with E-state index < -0.39 is 31.4 Å². The highest BCUT2D eigenvalue weighted by atomic mass is 32.2. The molecule has 2 saturated heterocycles. The molecule has 9 rings (SSSR count). The maximum atomic E-state index is 14.1. The van der Waals surface area contributed by atoms with Crippen LogP contribution >= 0.6 is 0 Å². The Labute approximate surface area is 387 Å². The van der Waals surface area contributed by atoms with Gasteiger partial charge in [0.1, 0.15) is 22.0 Å². The van der Waals surface area contributed by atoms with Gasteiger partial charge >= 0.3 is 5.69 Å². The molecule has 3 aromatic heterocycles. The van der Waals surface area contributed by atoms with Crippen molar-refractivity contribution in [2.75, 3.05) is 49.6 Å². The molecule has 16 heteroatoms. The fraction of sp³-hybridized carbons (Fsp3) is 0.500. The summed E-state index contributed by atoms with van der Waals surface area (Å²) in [5.74, 6) is 0.316. The van der Waals surface area contributed by atoms with Crippen LogP contribution in [0.15, 0.2) is 78.0 Å². The Morgan fingerprint density at radius 3 is 2.53 bits per heavy atom. The second-order valence-electron chi connectivity index (χ2n) is 20.2. The lowest BCUT2D eigenvalue weighted by Gasteiger charge is -2.57. The zero-order valence-corrected chi connectivity index (χ0v) is 39.5. The van der Waals surface area contributed by atoms with Crippen LogP contribution in [-0.2, 0) is 14.8 Å². The molecule has 4 fully saturated rings. The van der Waals surface area contributed by atoms with Crippen LogP contribution in [0.25, 0.3) is 11.0 Å². The summed E-state index contributed by atoms with van der Waals surface area (Å²) >= 11 is 0. The number of fused-ring (bicyclic) bond motifs is 1. The topological polar surface area (TPSA) is 185 Å². The summed E-state index contributed by atoms with van der Waals surface area (Å²) < 4.78 is 42.5. The number of nitrogens with one attached hydrogen (secondary N) is 3. The number of aromatic amines is 1. The van der Waals surface area contributed by atoms with E-state index in [9.17, 15) is 23.3 Å². The average Bonchev–Trinajstić information content (AvgIpc) is 3.76. The third kappa shape index (κ3) is 9.50. The molecular formula is C50H62N8O7S. The Kier molecular flexibility index (Phi) is 12.6. The van der Waals surface area contributed by atoms with Crippen molar-refractivity contribution in [1.29, 1.82) is 0 Å². The summed E-state index contributed by atoms with van der Waals surface area (Å²) in [5.41, 5.74) is 4.33. The van der Waals surface area contributed by atoms with Crippen molar-refractivity contribution < 1.29 is 27.6 Å². The molecule has 2 aliphatic carbocycles. The van der Waals surface area contributed by atoms with E-state index in [1.807, 2.05) is 12.1 Å². The molecule has 1 spiro atoms. The van der Waals surface area contributed by atoms with Crippen molar-refractivity contribution >= 4 is 44.2 Å². The number of piperidine rings is 1. The first-order chi connectivity index (χ1) is 31.6. The van der Waals surface area contributed by atoms with Gasteiger partial charge in [0.2, 0.25) is 5.82 Å². The van der Waals surface area contributed by atoms with Gasteiger partial charge < -0.3 is 24.7 Å². The van der Waals surface area contributed by atoms with E-state index in [0.717, 1.165) is 94.7 Å². The van der Waals surface area contributed by atoms with Crippen molar-refractivity contribution in [2.45, 2.75) is 109 Å². The molecule has 1 amide bonds. The number of hydrogen-bond donors (Lipinski definition) is 3. The molecule has 4 aliphatic rings. The number of morpholine rings is 1. The lowest BCUT2D eigenvalue weighted by atomic mass is 9.59. The first kappa shape index (κ1) is 45.6. The molecule has 350 valence electrons. The van der Waals surface area contributed by atoms with Crippen molar-refractivity contribution in [3.05, 3.63) is 106 Å². The van der Waals surface area contributed by atoms with E-state index in [-0.39, 0.29) is 39.7 Å². The third-order valence-corrected chi connectivity index (χ3v) is 16.3. The Bertz CT molecular complexity index is 2710. The Morgan fingerprint density at radius 1 is 1.03 bits per heavy atom. The fourth-order valence-corrected chi connectivity index (χ4v) is 12.0. The SMILES string of the molecule is Cc1nc(NCC2CCC(C)(C)CC2)c([N+](=O)[O-])cc1S(=O)(=O)NC(=O)c1ccc(N2CCC3(CC2)CC(N2CCOC[C@H]2c2ccccc2C(C)C)C3)cc1Oc1cnc2[nH]ccc2c1. The van der Waals surface area contributed by atoms with Crippen LogP contribution in [-0.4, -0.2) is 84.5 Å². The lowest BCUT2D eigenvalue weighted by molar-refractivity contribution is -0.384. The maximum Gasteiger partial charge on any atom is 0.312 e. The van der Waals surface area contributed by atoms with Crippen molar-refractivity contribution in [1.82, 2.24) is 24.6 Å². The molecule has 0 radical (unpaired) electrons. The number of pyridine rings is 2. The molecular weight excluding hydrogens is 857 g/mol. The van der Waals surface area contributed by atoms with E-state index >= 15 is 0 Å². The number of H-pyrrole nitrogens is 1. The minimum atomic E-state index is -4.64. The molecule has 0 unspecified atom stereocenters. The van der Waals surface area contributed by atoms with Crippen molar-refractivity contribution in [2.24, 2.45) is 16.7 Å². The standard InChI is InChI=1S/C50H62N8O7S/c1-32(2)39-8-6-7-9-40(39)43-31-64-23-22-57(43)37-27-50(28-37)17-20-56(21-18-50)36-10-11-41(44(25-36)65-38-24-35-14-19-51-46(35)53-30-38)48(59)55-66(62,63)45-26-42(58(60)61)47(54-33(45)3)52-29-34-12-15-49(4,5)16-13-34/h6-11,14,19,24-26,30,32,34,37,43H,12-13,15-18,20-23,27-29,31H2,1-5H3,(H,51,53)(H,52,54)(H,55,59)/t43-/m0/s1. The molecule has 0 bridgehead atoms. The molecule has 15 nitrogen and oxygen atoms in total. The molecule has 2 aliphatic heterocycles. The number of benzene rings is 2. The first-order valence-electron chi connectivity index (χ1n) is 23.5. The lowest BCUT2D eigenvalue weighted by Crippen LogP contribution is -2.58. The summed E-state index contributed by atoms with van der Waals surface area (Å²) in [4.78, 5) is 42.1. The number of carbonyl (C=O) groups is 1. The monoisotopic (exact) mass is 918 g/mol. The second kappa shape index (κ2) is 18.2. The van der Waals surface area contributed by atoms with Crippen molar-refractivity contribution in [3.8, 4) is 11.5 Å². The van der Waals surface area contributed by atoms with Crippen LogP contribution < -0.4 is 19.7 Å². The minimum absolute atomic E-state index is 0.00152. The molecule has 66 heavy (non-hydrogen) atoms. The number of amides is 1. The minimum Gasteiger partial charge on any atom is -0.455 e. The van der Waals surface area contributed by atoms with E-state index in [0.29, 0.717) is 42.4 Å². The van der Waals surface area contributed by atoms with E-state index in [4.69, 9.17) is 9.47 Å². The number of sulfonamides is 1. The Balaban J connectivity index is 0.910. The predicted octanol–water partition coefficient (Wildman–Crippen LogP) is 9.66. The number of nitrogens with zero attached hydrogens (tertiary/aromatic N) is 5. The highest BCUT2D eigenvalue weighted by molar-refractivity contribution is 7.90. The third-order valence-electron chi connectivity index (χ3n) is 14.8. The van der Waals surface area contributed by atoms with Gasteiger partial charge in [0.25, 0.3) is 15.9 Å². The summed E-state index contributed by atoms with van der Waals surface area (Å²) in [7, 11) is -4.64. The van der Waals surface area contributed by atoms with Crippen LogP contribution in [0.2, 0.25) is 0 Å². The van der Waals surface area contributed by atoms with Gasteiger partial charge in [0.15, 0.2) is 0 Å². The van der Waals surface area contributed by atoms with Gasteiger partial charge in [-0.25, -0.2) is 23.1 Å². The number of hydrogen-bond acceptors (Lipinski definition) is 12. The number of aryl methyl sites for hydroxylation is 1. The summed E-state index contributed by atoms with van der Waals surface area (Å²) in [6.45, 7) is 15.0. The van der Waals surface area contributed by atoms with Gasteiger partial charge in [-0.15, -0.1) is 0 Å². The van der Waals surface area contributed by atoms with E-state index in [1.54, 1.807) is 30.6 Å². The number of nitro groups is 1. The second-order valence-corrected chi connectivity index (χ2v) is 21.8. The van der Waals surface area contributed by atoms with Gasteiger partial charge in [-0.05, 0) is 116 Å². The van der Waals surface area contributed by atoms with Gasteiger partial charge in [-0.2, -0.15) is 0 Å². The van der Waals surface area contributed by atoms with Gasteiger partial charge in [0, 0.05) is 61.6 Å². The summed E-state index contributed by atoms with van der Waals surface area (Å²) in [5, 5.41) is 16.2. The normalized spacial score (nSPS) is 20.3. The number of carbonyl (C=O) groups excluding carboxylic acids is 1.